The van der Waals surface area contributed by atoms with E-state index in [1.54, 1.807) is 0 Å². The molecule has 68 valence electrons. The zero-order valence-corrected chi connectivity index (χ0v) is 7.50. The normalized spacial score (nSPS) is 30.2. The third-order valence-corrected chi connectivity index (χ3v) is 1.96. The number of hydrogen-bond donors (Lipinski definition) is 2. The van der Waals surface area contributed by atoms with E-state index >= 15 is 0 Å². The van der Waals surface area contributed by atoms with Crippen molar-refractivity contribution in [2.45, 2.75) is 31.5 Å². The van der Waals surface area contributed by atoms with E-state index in [1.807, 2.05) is 13.8 Å². The summed E-state index contributed by atoms with van der Waals surface area (Å²) in [5, 5.41) is 12.5. The summed E-state index contributed by atoms with van der Waals surface area (Å²) in [4.78, 5) is 0. The van der Waals surface area contributed by atoms with Gasteiger partial charge in [-0.25, -0.2) is 0 Å². The first kappa shape index (κ1) is 9.53. The van der Waals surface area contributed by atoms with Gasteiger partial charge >= 0.3 is 0 Å². The van der Waals surface area contributed by atoms with E-state index in [1.165, 1.54) is 0 Å². The molecule has 3 nitrogen and oxygen atoms in total. The third kappa shape index (κ3) is 2.21. The summed E-state index contributed by atoms with van der Waals surface area (Å²) in [5.41, 5.74) is -0.376. The fourth-order valence-electron chi connectivity index (χ4n) is 1.19. The molecular weight excluding hydrogens is 154 g/mol. The van der Waals surface area contributed by atoms with Crippen molar-refractivity contribution in [2.24, 2.45) is 0 Å². The van der Waals surface area contributed by atoms with Crippen molar-refractivity contribution in [1.82, 2.24) is 5.32 Å². The zero-order chi connectivity index (χ0) is 9.19. The molecule has 0 saturated carbocycles. The first-order chi connectivity index (χ1) is 5.55. The Balaban J connectivity index is 2.46. The fraction of sp³-hybridized carbons (Fsp3) is 0.778. The van der Waals surface area contributed by atoms with Crippen LogP contribution in [0.5, 0.6) is 0 Å². The number of terminal acetylenes is 1. The van der Waals surface area contributed by atoms with Gasteiger partial charge in [0.2, 0.25) is 0 Å². The molecule has 3 heteroatoms. The van der Waals surface area contributed by atoms with Crippen molar-refractivity contribution in [3.8, 4) is 12.3 Å². The Morgan fingerprint density at radius 3 is 2.67 bits per heavy atom. The predicted molar refractivity (Wildman–Crippen MR) is 46.7 cm³/mol. The van der Waals surface area contributed by atoms with Crippen LogP contribution in [0.1, 0.15) is 13.8 Å². The molecule has 1 fully saturated rings. The van der Waals surface area contributed by atoms with Gasteiger partial charge < -0.3 is 9.84 Å². The third-order valence-electron chi connectivity index (χ3n) is 1.96. The van der Waals surface area contributed by atoms with Crippen LogP contribution in [0.2, 0.25) is 0 Å². The summed E-state index contributed by atoms with van der Waals surface area (Å²) in [5.74, 6) is 2.61. The lowest BCUT2D eigenvalue weighted by atomic mass is 10.0. The lowest BCUT2D eigenvalue weighted by Crippen LogP contribution is -2.49. The van der Waals surface area contributed by atoms with E-state index in [9.17, 15) is 5.11 Å². The maximum Gasteiger partial charge on any atom is 0.0949 e. The van der Waals surface area contributed by atoms with Crippen LogP contribution < -0.4 is 5.32 Å². The minimum Gasteiger partial charge on any atom is -0.389 e. The van der Waals surface area contributed by atoms with Gasteiger partial charge in [-0.15, -0.1) is 6.42 Å². The molecule has 0 aromatic heterocycles. The van der Waals surface area contributed by atoms with Gasteiger partial charge in [-0.2, -0.15) is 0 Å². The van der Waals surface area contributed by atoms with Gasteiger partial charge in [-0.05, 0) is 13.8 Å². The second kappa shape index (κ2) is 3.44. The maximum absolute atomic E-state index is 9.39. The molecular formula is C9H15NO2. The zero-order valence-electron chi connectivity index (χ0n) is 7.50. The van der Waals surface area contributed by atoms with Crippen LogP contribution >= 0.6 is 0 Å². The van der Waals surface area contributed by atoms with Crippen LogP contribution in [0.4, 0.5) is 0 Å². The Kier molecular flexibility index (Phi) is 2.73. The van der Waals surface area contributed by atoms with E-state index in [2.05, 4.69) is 11.2 Å². The molecule has 0 bridgehead atoms. The van der Waals surface area contributed by atoms with Crippen LogP contribution in [0.15, 0.2) is 0 Å². The Labute approximate surface area is 73.1 Å². The molecule has 1 rings (SSSR count). The van der Waals surface area contributed by atoms with E-state index in [0.29, 0.717) is 13.2 Å². The summed E-state index contributed by atoms with van der Waals surface area (Å²) in [6.45, 7) is 4.74. The number of hydrogen-bond acceptors (Lipinski definition) is 3. The van der Waals surface area contributed by atoms with Gasteiger partial charge in [0.25, 0.3) is 0 Å². The molecule has 2 unspecified atom stereocenters. The minimum atomic E-state index is -0.433. The Bertz CT molecular complexity index is 195. The maximum atomic E-state index is 9.39. The molecule has 0 spiro atoms. The highest BCUT2D eigenvalue weighted by Gasteiger charge is 2.30. The average molecular weight is 169 g/mol. The lowest BCUT2D eigenvalue weighted by molar-refractivity contribution is 0.120. The Morgan fingerprint density at radius 1 is 1.58 bits per heavy atom. The molecule has 1 aliphatic rings. The largest absolute Gasteiger partial charge is 0.389 e. The van der Waals surface area contributed by atoms with E-state index in [0.717, 1.165) is 0 Å². The fourth-order valence-corrected chi connectivity index (χ4v) is 1.19. The van der Waals surface area contributed by atoms with Crippen LogP contribution in [0.25, 0.3) is 0 Å². The number of aliphatic hydroxyl groups excluding tert-OH is 1. The monoisotopic (exact) mass is 169 g/mol. The standard InChI is InChI=1S/C9H15NO2/c1-4-9(2,3)10-7-5-12-6-8(7)11/h1,7-8,10-11H,5-6H2,2-3H3. The van der Waals surface area contributed by atoms with Gasteiger partial charge in [0.15, 0.2) is 0 Å². The average Bonchev–Trinajstić information content (AvgIpc) is 2.36. The van der Waals surface area contributed by atoms with Gasteiger partial charge in [0.1, 0.15) is 0 Å². The van der Waals surface area contributed by atoms with Crippen LogP contribution in [0.3, 0.4) is 0 Å². The molecule has 1 saturated heterocycles. The molecule has 0 radical (unpaired) electrons. The highest BCUT2D eigenvalue weighted by atomic mass is 16.5. The molecule has 0 aromatic carbocycles. The van der Waals surface area contributed by atoms with Crippen molar-refractivity contribution in [2.75, 3.05) is 13.2 Å². The molecule has 2 atom stereocenters. The van der Waals surface area contributed by atoms with Crippen LogP contribution in [-0.4, -0.2) is 36.0 Å². The molecule has 1 aliphatic heterocycles. The van der Waals surface area contributed by atoms with Crippen molar-refractivity contribution in [3.05, 3.63) is 0 Å². The molecule has 1 heterocycles. The summed E-state index contributed by atoms with van der Waals surface area (Å²) in [6, 6.07) is -0.0314. The number of nitrogens with one attached hydrogen (secondary N) is 1. The first-order valence-corrected chi connectivity index (χ1v) is 4.06. The predicted octanol–water partition coefficient (Wildman–Crippen LogP) is -0.253. The second-order valence-electron chi connectivity index (χ2n) is 3.62. The van der Waals surface area contributed by atoms with Crippen molar-refractivity contribution < 1.29 is 9.84 Å². The number of aliphatic hydroxyl groups is 1. The van der Waals surface area contributed by atoms with Crippen molar-refractivity contribution in [3.63, 3.8) is 0 Å². The Morgan fingerprint density at radius 2 is 2.25 bits per heavy atom. The van der Waals surface area contributed by atoms with Gasteiger partial charge in [-0.3, -0.25) is 5.32 Å². The quantitative estimate of drug-likeness (QED) is 0.560. The van der Waals surface area contributed by atoms with E-state index in [4.69, 9.17) is 11.2 Å². The van der Waals surface area contributed by atoms with E-state index < -0.39 is 6.10 Å². The highest BCUT2D eigenvalue weighted by molar-refractivity contribution is 5.09. The number of rotatable bonds is 2. The first-order valence-electron chi connectivity index (χ1n) is 4.06. The van der Waals surface area contributed by atoms with Gasteiger partial charge in [0.05, 0.1) is 30.9 Å². The summed E-state index contributed by atoms with van der Waals surface area (Å²) < 4.78 is 5.08. The minimum absolute atomic E-state index is 0.0314. The smallest absolute Gasteiger partial charge is 0.0949 e. The summed E-state index contributed by atoms with van der Waals surface area (Å²) >= 11 is 0. The number of ether oxygens (including phenoxy) is 1. The molecule has 2 N–H and O–H groups in total. The molecule has 12 heavy (non-hydrogen) atoms. The van der Waals surface area contributed by atoms with Crippen LogP contribution in [0, 0.1) is 12.3 Å². The highest BCUT2D eigenvalue weighted by Crippen LogP contribution is 2.10. The second-order valence-corrected chi connectivity index (χ2v) is 3.62. The summed E-state index contributed by atoms with van der Waals surface area (Å²) in [6.07, 6.45) is 4.86. The lowest BCUT2D eigenvalue weighted by Gasteiger charge is -2.25. The van der Waals surface area contributed by atoms with Crippen molar-refractivity contribution >= 4 is 0 Å². The molecule has 0 amide bonds. The molecule has 0 aliphatic carbocycles. The van der Waals surface area contributed by atoms with Crippen molar-refractivity contribution in [1.29, 1.82) is 0 Å². The molecule has 0 aromatic rings. The Hall–Kier alpha value is -0.560. The van der Waals surface area contributed by atoms with E-state index in [-0.39, 0.29) is 11.6 Å². The van der Waals surface area contributed by atoms with Gasteiger partial charge in [0, 0.05) is 0 Å². The summed E-state index contributed by atoms with van der Waals surface area (Å²) in [7, 11) is 0. The topological polar surface area (TPSA) is 41.5 Å². The van der Waals surface area contributed by atoms with Crippen LogP contribution in [-0.2, 0) is 4.74 Å². The van der Waals surface area contributed by atoms with Gasteiger partial charge in [-0.1, -0.05) is 5.92 Å². The SMILES string of the molecule is C#CC(C)(C)NC1COCC1O.